The number of aromatic amines is 1. The average molecular weight is 1220 g/mol. The van der Waals surface area contributed by atoms with E-state index in [0.717, 1.165) is 41.5 Å². The van der Waals surface area contributed by atoms with Crippen LogP contribution in [0.5, 0.6) is 0 Å². The number of aliphatic hydroxyl groups is 1. The van der Waals surface area contributed by atoms with Crippen molar-refractivity contribution in [3.63, 3.8) is 0 Å². The molecule has 5 aromatic rings. The summed E-state index contributed by atoms with van der Waals surface area (Å²) in [5.74, 6) is -4.85. The molecule has 3 aromatic carbocycles. The summed E-state index contributed by atoms with van der Waals surface area (Å²) in [6.07, 6.45) is -1.97. The van der Waals surface area contributed by atoms with Crippen molar-refractivity contribution in [1.29, 1.82) is 0 Å². The lowest BCUT2D eigenvalue weighted by molar-refractivity contribution is -0.145. The van der Waals surface area contributed by atoms with Gasteiger partial charge in [0.05, 0.1) is 57.1 Å². The molecule has 3 fully saturated rings. The SMILES string of the molecule is Cc1ncsc1-c1ccc(C(CC(=O)NCCCCCCCNC(=O)c2ccc(-c3ccc(N4C[C@@H](C)N(C)[C@@H](C)C4)c(NC(=O)c4c[nH]c(=O)cc4C(F)(F)F)c3)c(F)c2)NC(=O)[C@@H]2C[C@@H](O)CN2C(=O)C(NC(=O)C2(F)CC2)C(C)(C)C)cc1. The van der Waals surface area contributed by atoms with Gasteiger partial charge in [-0.3, -0.25) is 38.5 Å². The second-order valence-electron chi connectivity index (χ2n) is 23.9. The van der Waals surface area contributed by atoms with Crippen LogP contribution in [0.4, 0.5) is 33.3 Å². The molecule has 0 spiro atoms. The predicted octanol–water partition coefficient (Wildman–Crippen LogP) is 8.45. The van der Waals surface area contributed by atoms with Gasteiger partial charge in [0.25, 0.3) is 17.7 Å². The van der Waals surface area contributed by atoms with E-state index in [2.05, 4.69) is 41.5 Å². The van der Waals surface area contributed by atoms with Gasteiger partial charge in [-0.15, -0.1) is 11.3 Å². The first-order valence-corrected chi connectivity index (χ1v) is 29.9. The van der Waals surface area contributed by atoms with Crippen LogP contribution in [0.25, 0.3) is 21.6 Å². The zero-order valence-corrected chi connectivity index (χ0v) is 50.1. The Morgan fingerprint density at radius 1 is 0.837 bits per heavy atom. The molecule has 1 aliphatic carbocycles. The summed E-state index contributed by atoms with van der Waals surface area (Å²) in [7, 11) is 1.98. The van der Waals surface area contributed by atoms with Gasteiger partial charge in [-0.05, 0) is 99.9 Å². The van der Waals surface area contributed by atoms with E-state index < -0.39 is 93.5 Å². The number of nitrogens with zero attached hydrogens (tertiary/aromatic N) is 4. The number of thiazole rings is 1. The van der Waals surface area contributed by atoms with Crippen molar-refractivity contribution < 1.29 is 55.8 Å². The fourth-order valence-electron chi connectivity index (χ4n) is 10.9. The molecule has 0 bridgehead atoms. The lowest BCUT2D eigenvalue weighted by Crippen LogP contribution is -2.59. The topological polar surface area (TPSA) is 238 Å². The molecular weight excluding hydrogens is 1140 g/mol. The lowest BCUT2D eigenvalue weighted by atomic mass is 9.85. The van der Waals surface area contributed by atoms with E-state index in [-0.39, 0.29) is 72.6 Å². The summed E-state index contributed by atoms with van der Waals surface area (Å²) < 4.78 is 72.7. The first-order valence-electron chi connectivity index (χ1n) is 29.0. The number of nitrogens with one attached hydrogen (secondary N) is 6. The maximum atomic E-state index is 16.0. The number of pyridine rings is 1. The number of carbonyl (C=O) groups excluding carboxylic acids is 6. The largest absolute Gasteiger partial charge is 0.417 e. The van der Waals surface area contributed by atoms with Crippen LogP contribution >= 0.6 is 11.3 Å². The molecule has 2 unspecified atom stereocenters. The quantitative estimate of drug-likeness (QED) is 0.0256. The Labute approximate surface area is 500 Å². The number of aliphatic hydroxyl groups excluding tert-OH is 1. The van der Waals surface area contributed by atoms with Crippen LogP contribution in [0.3, 0.4) is 0 Å². The number of likely N-dealkylation sites (N-methyl/N-ethyl adjacent to an activating group) is 1. The van der Waals surface area contributed by atoms with E-state index in [4.69, 9.17) is 0 Å². The van der Waals surface area contributed by atoms with Crippen LogP contribution in [-0.2, 0) is 25.4 Å². The van der Waals surface area contributed by atoms with Gasteiger partial charge in [0.1, 0.15) is 17.9 Å². The van der Waals surface area contributed by atoms with Crippen LogP contribution in [0, 0.1) is 18.2 Å². The molecule has 1 saturated carbocycles. The van der Waals surface area contributed by atoms with E-state index in [9.17, 15) is 56.2 Å². The molecule has 6 atom stereocenters. The molecule has 4 heterocycles. The van der Waals surface area contributed by atoms with Gasteiger partial charge in [-0.2, -0.15) is 13.2 Å². The molecule has 2 aliphatic heterocycles. The Hall–Kier alpha value is -7.57. The minimum Gasteiger partial charge on any atom is -0.391 e. The van der Waals surface area contributed by atoms with Crippen LogP contribution in [0.1, 0.15) is 136 Å². The number of anilines is 2. The third-order valence-electron chi connectivity index (χ3n) is 16.3. The van der Waals surface area contributed by atoms with Crippen molar-refractivity contribution in [1.82, 2.24) is 41.0 Å². The third kappa shape index (κ3) is 15.7. The van der Waals surface area contributed by atoms with E-state index >= 15 is 4.39 Å². The summed E-state index contributed by atoms with van der Waals surface area (Å²) in [4.78, 5) is 106. The molecule has 2 aromatic heterocycles. The smallest absolute Gasteiger partial charge is 0.391 e. The monoisotopic (exact) mass is 1210 g/mol. The molecule has 24 heteroatoms. The molecule has 462 valence electrons. The van der Waals surface area contributed by atoms with Crippen LogP contribution in [-0.4, -0.2) is 136 Å². The Morgan fingerprint density at radius 2 is 1.49 bits per heavy atom. The third-order valence-corrected chi connectivity index (χ3v) is 17.3. The number of amides is 6. The first-order chi connectivity index (χ1) is 40.6. The molecule has 86 heavy (non-hydrogen) atoms. The van der Waals surface area contributed by atoms with E-state index in [1.807, 2.05) is 57.0 Å². The van der Waals surface area contributed by atoms with Crippen molar-refractivity contribution in [3.05, 3.63) is 123 Å². The van der Waals surface area contributed by atoms with E-state index in [0.29, 0.717) is 62.5 Å². The van der Waals surface area contributed by atoms with Crippen LogP contribution in [0.15, 0.2) is 83.2 Å². The number of piperazine rings is 1. The Balaban J connectivity index is 0.829. The Kier molecular flexibility index (Phi) is 20.2. The number of alkyl halides is 4. The second-order valence-corrected chi connectivity index (χ2v) is 24.8. The number of rotatable bonds is 22. The number of aromatic nitrogens is 2. The highest BCUT2D eigenvalue weighted by Crippen LogP contribution is 2.41. The number of likely N-dealkylation sites (tertiary alicyclic amines) is 1. The number of aryl methyl sites for hydroxylation is 1. The van der Waals surface area contributed by atoms with Gasteiger partial charge in [0.15, 0.2) is 5.67 Å². The van der Waals surface area contributed by atoms with E-state index in [1.165, 1.54) is 34.4 Å². The van der Waals surface area contributed by atoms with Gasteiger partial charge in [0.2, 0.25) is 23.3 Å². The minimum absolute atomic E-state index is 0.0530. The summed E-state index contributed by atoms with van der Waals surface area (Å²) in [5.41, 5.74) is -0.999. The van der Waals surface area contributed by atoms with Crippen LogP contribution in [0.2, 0.25) is 0 Å². The number of H-pyrrole nitrogens is 1. The van der Waals surface area contributed by atoms with Crippen molar-refractivity contribution in [2.24, 2.45) is 5.41 Å². The Morgan fingerprint density at radius 3 is 2.10 bits per heavy atom. The highest BCUT2D eigenvalue weighted by Gasteiger charge is 2.53. The number of unbranched alkanes of at least 4 members (excludes halogenated alkanes) is 4. The van der Waals surface area contributed by atoms with Crippen molar-refractivity contribution in [3.8, 4) is 21.6 Å². The molecule has 2 saturated heterocycles. The maximum Gasteiger partial charge on any atom is 0.417 e. The number of benzene rings is 3. The average Bonchev–Trinajstić information content (AvgIpc) is 1.65. The summed E-state index contributed by atoms with van der Waals surface area (Å²) in [5, 5.41) is 24.7. The zero-order chi connectivity index (χ0) is 62.4. The summed E-state index contributed by atoms with van der Waals surface area (Å²) in [6, 6.07) is 13.4. The van der Waals surface area contributed by atoms with Crippen molar-refractivity contribution >= 4 is 58.2 Å². The zero-order valence-electron chi connectivity index (χ0n) is 49.3. The van der Waals surface area contributed by atoms with Gasteiger partial charge in [-0.25, -0.2) is 13.8 Å². The van der Waals surface area contributed by atoms with Crippen molar-refractivity contribution in [2.45, 2.75) is 147 Å². The first kappa shape index (κ1) is 64.4. The molecule has 3 aliphatic rings. The molecule has 0 radical (unpaired) electrons. The number of hydrogen-bond acceptors (Lipinski definition) is 12. The number of hydrogen-bond donors (Lipinski definition) is 7. The van der Waals surface area contributed by atoms with Gasteiger partial charge in [-0.1, -0.05) is 76.4 Å². The highest BCUT2D eigenvalue weighted by atomic mass is 32.1. The van der Waals surface area contributed by atoms with E-state index in [1.54, 1.807) is 38.4 Å². The maximum absolute atomic E-state index is 16.0. The number of β-amino-alcohol motifs (C(OH)–C–C–N with tert-alkyl or cyclic N) is 1. The standard InChI is InChI=1S/C62H75F5N10O8S/c1-35-31-76(32-36(2)75(35)7)49-20-18-40(26-48(49)73-56(82)44-30-70-51(79)28-45(44)62(65,66)67)43-19-17-41(25-46(43)63)55(81)69-24-12-10-8-9-11-23-68-52(80)29-47(38-13-15-39(16-14-38)53-37(3)71-34-86-53)72-57(83)50-27-42(78)33-77(50)58(84)54(60(4,5)6)74-59(85)61(64)21-22-61/h13-20,25-26,28,30,34-36,42,47,50,54,78H,8-12,21-24,27,29,31-33H2,1-7H3,(H,68,80)(H,69,81)(H,70,79)(H,72,83)(H,73,82)(H,74,85)/t35-,36+,42-,47?,50+,54?/m1/s1. The van der Waals surface area contributed by atoms with Crippen molar-refractivity contribution in [2.75, 3.05) is 50.0 Å². The van der Waals surface area contributed by atoms with Gasteiger partial charge >= 0.3 is 6.18 Å². The summed E-state index contributed by atoms with van der Waals surface area (Å²) in [6.45, 7) is 12.6. The fourth-order valence-corrected chi connectivity index (χ4v) is 11.7. The molecule has 7 N–H and O–H groups in total. The van der Waals surface area contributed by atoms with Gasteiger partial charge in [0, 0.05) is 74.6 Å². The molecule has 8 rings (SSSR count). The van der Waals surface area contributed by atoms with Crippen LogP contribution < -0.4 is 37.0 Å². The lowest BCUT2D eigenvalue weighted by Gasteiger charge is -2.44. The second kappa shape index (κ2) is 27.0. The number of carbonyl (C=O) groups is 6. The minimum atomic E-state index is -5.00. The Bertz CT molecular complexity index is 3350. The molecular formula is C62H75F5N10O8S. The fraction of sp³-hybridized carbons (Fsp3) is 0.484. The molecule has 6 amide bonds. The molecule has 18 nitrogen and oxygen atoms in total. The number of halogens is 5. The van der Waals surface area contributed by atoms with Gasteiger partial charge < -0.3 is 46.5 Å². The highest BCUT2D eigenvalue weighted by molar-refractivity contribution is 7.13. The normalized spacial score (nSPS) is 19.3. The predicted molar refractivity (Wildman–Crippen MR) is 318 cm³/mol. The summed E-state index contributed by atoms with van der Waals surface area (Å²) >= 11 is 1.48.